The summed E-state index contributed by atoms with van der Waals surface area (Å²) >= 11 is 5.85. The van der Waals surface area contributed by atoms with E-state index in [1.165, 1.54) is 12.1 Å². The maximum absolute atomic E-state index is 12.6. The molecule has 1 amide bonds. The number of nitrogens with one attached hydrogen (secondary N) is 1. The molecule has 2 aromatic carbocycles. The fourth-order valence-corrected chi connectivity index (χ4v) is 3.42. The molecule has 1 unspecified atom stereocenters. The smallest absolute Gasteiger partial charge is 0.246 e. The number of carbonyl (C=O) groups is 1. The van der Waals surface area contributed by atoms with E-state index in [4.69, 9.17) is 17.3 Å². The number of carbonyl (C=O) groups excluding carboxylic acids is 1. The number of hydrogen-bond acceptors (Lipinski definition) is 3. The van der Waals surface area contributed by atoms with Crippen LogP contribution < -0.4 is 10.5 Å². The fraction of sp³-hybridized carbons (Fsp3) is 0.118. The molecule has 0 fully saturated rings. The second-order valence-corrected chi connectivity index (χ2v) is 7.46. The Hall–Kier alpha value is -2.15. The minimum atomic E-state index is -3.86. The normalized spacial score (nSPS) is 12.6. The van der Waals surface area contributed by atoms with Crippen LogP contribution in [0.1, 0.15) is 17.2 Å². The van der Waals surface area contributed by atoms with Gasteiger partial charge in [0.25, 0.3) is 0 Å². The number of amides is 1. The van der Waals surface area contributed by atoms with E-state index in [-0.39, 0.29) is 10.5 Å². The number of primary amides is 1. The molecule has 1 atom stereocenters. The Morgan fingerprint density at radius 2 is 1.67 bits per heavy atom. The van der Waals surface area contributed by atoms with Gasteiger partial charge in [-0.1, -0.05) is 48.0 Å². The van der Waals surface area contributed by atoms with Crippen LogP contribution in [0, 0.1) is 6.92 Å². The van der Waals surface area contributed by atoms with E-state index in [2.05, 4.69) is 11.3 Å². The maximum Gasteiger partial charge on any atom is 0.246 e. The summed E-state index contributed by atoms with van der Waals surface area (Å²) < 4.78 is 27.7. The van der Waals surface area contributed by atoms with E-state index in [0.29, 0.717) is 10.6 Å². The number of benzene rings is 2. The predicted octanol–water partition coefficient (Wildman–Crippen LogP) is 2.71. The van der Waals surface area contributed by atoms with Gasteiger partial charge in [0.2, 0.25) is 15.9 Å². The zero-order valence-corrected chi connectivity index (χ0v) is 14.6. The van der Waals surface area contributed by atoms with Gasteiger partial charge in [0.05, 0.1) is 10.9 Å². The minimum Gasteiger partial charge on any atom is -0.366 e. The van der Waals surface area contributed by atoms with E-state index in [0.717, 1.165) is 5.56 Å². The Balaban J connectivity index is 2.41. The molecule has 0 aliphatic carbocycles. The molecule has 0 aromatic heterocycles. The third-order valence-electron chi connectivity index (χ3n) is 3.47. The average Bonchev–Trinajstić information content (AvgIpc) is 2.53. The zero-order valence-electron chi connectivity index (χ0n) is 13.0. The zero-order chi connectivity index (χ0) is 17.9. The Bertz CT molecular complexity index is 860. The molecule has 0 saturated carbocycles. The first-order valence-electron chi connectivity index (χ1n) is 7.04. The topological polar surface area (TPSA) is 89.3 Å². The highest BCUT2D eigenvalue weighted by Gasteiger charge is 2.26. The number of aryl methyl sites for hydroxylation is 1. The van der Waals surface area contributed by atoms with Gasteiger partial charge in [-0.15, -0.1) is 0 Å². The van der Waals surface area contributed by atoms with Gasteiger partial charge in [-0.05, 0) is 36.8 Å². The SMILES string of the molecule is C=C(C(N)=O)C(NS(=O)(=O)c1ccc(C)cc1)c1ccc(Cl)cc1. The van der Waals surface area contributed by atoms with Crippen LogP contribution in [0.4, 0.5) is 0 Å². The molecule has 0 heterocycles. The number of hydrogen-bond donors (Lipinski definition) is 2. The molecule has 5 nitrogen and oxygen atoms in total. The first-order valence-corrected chi connectivity index (χ1v) is 8.90. The second-order valence-electron chi connectivity index (χ2n) is 5.31. The van der Waals surface area contributed by atoms with Gasteiger partial charge in [0.15, 0.2) is 0 Å². The number of halogens is 1. The van der Waals surface area contributed by atoms with Crippen molar-refractivity contribution < 1.29 is 13.2 Å². The summed E-state index contributed by atoms with van der Waals surface area (Å²) in [6.07, 6.45) is 0. The Morgan fingerprint density at radius 1 is 1.12 bits per heavy atom. The van der Waals surface area contributed by atoms with Crippen molar-refractivity contribution in [3.63, 3.8) is 0 Å². The molecule has 3 N–H and O–H groups in total. The average molecular weight is 365 g/mol. The number of rotatable bonds is 6. The van der Waals surface area contributed by atoms with E-state index < -0.39 is 22.0 Å². The summed E-state index contributed by atoms with van der Waals surface area (Å²) in [5.41, 5.74) is 6.67. The van der Waals surface area contributed by atoms with E-state index in [1.807, 2.05) is 6.92 Å². The molecule has 0 radical (unpaired) electrons. The van der Waals surface area contributed by atoms with Crippen LogP contribution in [-0.4, -0.2) is 14.3 Å². The summed E-state index contributed by atoms with van der Waals surface area (Å²) in [6.45, 7) is 5.47. The Labute approximate surface area is 146 Å². The van der Waals surface area contributed by atoms with E-state index in [1.54, 1.807) is 36.4 Å². The summed E-state index contributed by atoms with van der Waals surface area (Å²) in [4.78, 5) is 11.6. The molecule has 0 saturated heterocycles. The monoisotopic (exact) mass is 364 g/mol. The minimum absolute atomic E-state index is 0.0620. The number of sulfonamides is 1. The predicted molar refractivity (Wildman–Crippen MR) is 94.0 cm³/mol. The Morgan fingerprint density at radius 3 is 2.17 bits per heavy atom. The van der Waals surface area contributed by atoms with E-state index >= 15 is 0 Å². The van der Waals surface area contributed by atoms with Crippen molar-refractivity contribution in [2.24, 2.45) is 5.73 Å². The van der Waals surface area contributed by atoms with Gasteiger partial charge in [0, 0.05) is 10.6 Å². The van der Waals surface area contributed by atoms with Crippen LogP contribution in [0.25, 0.3) is 0 Å². The standard InChI is InChI=1S/C17H17ClN2O3S/c1-11-3-9-15(10-4-11)24(22,23)20-16(12(2)17(19)21)13-5-7-14(18)8-6-13/h3-10,16,20H,2H2,1H3,(H2,19,21). The molecule has 0 aliphatic heterocycles. The molecule has 24 heavy (non-hydrogen) atoms. The van der Waals surface area contributed by atoms with Crippen LogP contribution in [-0.2, 0) is 14.8 Å². The van der Waals surface area contributed by atoms with E-state index in [9.17, 15) is 13.2 Å². The largest absolute Gasteiger partial charge is 0.366 e. The third-order valence-corrected chi connectivity index (χ3v) is 5.16. The van der Waals surface area contributed by atoms with Crippen molar-refractivity contribution in [3.05, 3.63) is 76.8 Å². The first kappa shape index (κ1) is 18.2. The highest BCUT2D eigenvalue weighted by Crippen LogP contribution is 2.25. The van der Waals surface area contributed by atoms with Gasteiger partial charge in [-0.3, -0.25) is 4.79 Å². The fourth-order valence-electron chi connectivity index (χ4n) is 2.08. The first-order chi connectivity index (χ1) is 11.2. The van der Waals surface area contributed by atoms with Gasteiger partial charge < -0.3 is 5.73 Å². The molecular formula is C17H17ClN2O3S. The molecule has 2 aromatic rings. The molecule has 126 valence electrons. The van der Waals surface area contributed by atoms with Crippen molar-refractivity contribution in [1.82, 2.24) is 4.72 Å². The van der Waals surface area contributed by atoms with Crippen LogP contribution in [0.2, 0.25) is 5.02 Å². The van der Waals surface area contributed by atoms with Gasteiger partial charge >= 0.3 is 0 Å². The lowest BCUT2D eigenvalue weighted by molar-refractivity contribution is -0.114. The van der Waals surface area contributed by atoms with Crippen LogP contribution in [0.15, 0.2) is 65.6 Å². The molecule has 2 rings (SSSR count). The molecule has 7 heteroatoms. The summed E-state index contributed by atoms with van der Waals surface area (Å²) in [5.74, 6) is -0.790. The third kappa shape index (κ3) is 4.23. The summed E-state index contributed by atoms with van der Waals surface area (Å²) in [6, 6.07) is 11.8. The lowest BCUT2D eigenvalue weighted by Gasteiger charge is -2.20. The van der Waals surface area contributed by atoms with Gasteiger partial charge in [-0.25, -0.2) is 8.42 Å². The highest BCUT2D eigenvalue weighted by molar-refractivity contribution is 7.89. The van der Waals surface area contributed by atoms with Crippen LogP contribution >= 0.6 is 11.6 Å². The van der Waals surface area contributed by atoms with Crippen molar-refractivity contribution >= 4 is 27.5 Å². The van der Waals surface area contributed by atoms with Crippen LogP contribution in [0.5, 0.6) is 0 Å². The summed E-state index contributed by atoms with van der Waals surface area (Å²) in [7, 11) is -3.86. The maximum atomic E-state index is 12.6. The lowest BCUT2D eigenvalue weighted by atomic mass is 10.0. The molecule has 0 spiro atoms. The Kier molecular flexibility index (Phi) is 5.43. The quantitative estimate of drug-likeness (QED) is 0.772. The summed E-state index contributed by atoms with van der Waals surface area (Å²) in [5, 5.41) is 0.489. The second kappa shape index (κ2) is 7.17. The lowest BCUT2D eigenvalue weighted by Crippen LogP contribution is -2.33. The highest BCUT2D eigenvalue weighted by atomic mass is 35.5. The van der Waals surface area contributed by atoms with Gasteiger partial charge in [-0.2, -0.15) is 4.72 Å². The van der Waals surface area contributed by atoms with Crippen molar-refractivity contribution in [2.75, 3.05) is 0 Å². The molecule has 0 bridgehead atoms. The van der Waals surface area contributed by atoms with Crippen molar-refractivity contribution in [3.8, 4) is 0 Å². The molecule has 0 aliphatic rings. The van der Waals surface area contributed by atoms with Crippen LogP contribution in [0.3, 0.4) is 0 Å². The van der Waals surface area contributed by atoms with Crippen molar-refractivity contribution in [1.29, 1.82) is 0 Å². The van der Waals surface area contributed by atoms with Gasteiger partial charge in [0.1, 0.15) is 0 Å². The number of nitrogens with two attached hydrogens (primary N) is 1. The van der Waals surface area contributed by atoms with Crippen molar-refractivity contribution in [2.45, 2.75) is 17.9 Å². The molecular weight excluding hydrogens is 348 g/mol.